The lowest BCUT2D eigenvalue weighted by Gasteiger charge is -2.35. The van der Waals surface area contributed by atoms with Gasteiger partial charge in [0.1, 0.15) is 0 Å². The molecule has 0 spiro atoms. The van der Waals surface area contributed by atoms with Gasteiger partial charge in [-0.05, 0) is 42.0 Å². The largest absolute Gasteiger partial charge is 0.493 e. The van der Waals surface area contributed by atoms with E-state index >= 15 is 0 Å². The zero-order chi connectivity index (χ0) is 25.8. The van der Waals surface area contributed by atoms with Gasteiger partial charge in [-0.2, -0.15) is 0 Å². The molecule has 1 saturated heterocycles. The molecule has 1 aromatic heterocycles. The van der Waals surface area contributed by atoms with Gasteiger partial charge in [-0.1, -0.05) is 34.8 Å². The molecule has 0 N–H and O–H groups in total. The van der Waals surface area contributed by atoms with Crippen LogP contribution in [0.15, 0.2) is 42.6 Å². The molecule has 1 aliphatic heterocycles. The number of aromatic nitrogens is 1. The fourth-order valence-corrected chi connectivity index (χ4v) is 5.21. The van der Waals surface area contributed by atoms with E-state index in [1.54, 1.807) is 32.4 Å². The van der Waals surface area contributed by atoms with Crippen molar-refractivity contribution in [1.82, 2.24) is 14.8 Å². The molecule has 2 heterocycles. The second-order valence-corrected chi connectivity index (χ2v) is 9.53. The van der Waals surface area contributed by atoms with Crippen LogP contribution in [0.5, 0.6) is 17.2 Å². The van der Waals surface area contributed by atoms with Crippen molar-refractivity contribution in [2.24, 2.45) is 0 Å². The van der Waals surface area contributed by atoms with Crippen LogP contribution < -0.4 is 14.2 Å². The van der Waals surface area contributed by atoms with E-state index in [4.69, 9.17) is 49.0 Å². The van der Waals surface area contributed by atoms with E-state index in [-0.39, 0.29) is 16.0 Å². The molecule has 0 saturated carbocycles. The highest BCUT2D eigenvalue weighted by Crippen LogP contribution is 2.41. The lowest BCUT2D eigenvalue weighted by molar-refractivity contribution is 0.0629. The molecule has 1 fully saturated rings. The van der Waals surface area contributed by atoms with Crippen LogP contribution in [0.4, 0.5) is 0 Å². The Hall–Kier alpha value is -2.71. The molecule has 0 aliphatic carbocycles. The van der Waals surface area contributed by atoms with Gasteiger partial charge in [-0.3, -0.25) is 14.7 Å². The minimum Gasteiger partial charge on any atom is -0.493 e. The minimum absolute atomic E-state index is 0.185. The van der Waals surface area contributed by atoms with E-state index in [1.165, 1.54) is 12.1 Å². The third-order valence-corrected chi connectivity index (χ3v) is 6.89. The number of pyridine rings is 1. The molecule has 7 nitrogen and oxygen atoms in total. The predicted molar refractivity (Wildman–Crippen MR) is 142 cm³/mol. The molecule has 10 heteroatoms. The summed E-state index contributed by atoms with van der Waals surface area (Å²) in [5.41, 5.74) is 3.06. The van der Waals surface area contributed by atoms with Gasteiger partial charge in [0.25, 0.3) is 5.91 Å². The maximum atomic E-state index is 13.0. The zero-order valence-corrected chi connectivity index (χ0v) is 22.5. The van der Waals surface area contributed by atoms with Crippen LogP contribution in [0, 0.1) is 0 Å². The van der Waals surface area contributed by atoms with Gasteiger partial charge in [-0.25, -0.2) is 0 Å². The first-order chi connectivity index (χ1) is 17.3. The fourth-order valence-electron chi connectivity index (χ4n) is 4.23. The number of ether oxygens (including phenoxy) is 3. The highest BCUT2D eigenvalue weighted by Gasteiger charge is 2.26. The average molecular weight is 551 g/mol. The number of carbonyl (C=O) groups excluding carboxylic acids is 1. The Kier molecular flexibility index (Phi) is 8.46. The number of carbonyl (C=O) groups is 1. The van der Waals surface area contributed by atoms with Crippen LogP contribution >= 0.6 is 34.8 Å². The molecule has 0 radical (unpaired) electrons. The van der Waals surface area contributed by atoms with Crippen molar-refractivity contribution in [3.8, 4) is 28.5 Å². The molecular formula is C26H26Cl3N3O4. The van der Waals surface area contributed by atoms with Gasteiger partial charge in [0.2, 0.25) is 5.75 Å². The number of piperazine rings is 1. The van der Waals surface area contributed by atoms with Crippen LogP contribution in [-0.2, 0) is 6.54 Å². The first kappa shape index (κ1) is 26.4. The minimum atomic E-state index is -0.185. The molecule has 0 atom stereocenters. The van der Waals surface area contributed by atoms with Gasteiger partial charge in [0.15, 0.2) is 11.5 Å². The van der Waals surface area contributed by atoms with Crippen LogP contribution in [0.3, 0.4) is 0 Å². The molecule has 2 aromatic carbocycles. The van der Waals surface area contributed by atoms with Crippen LogP contribution in [0.1, 0.15) is 15.9 Å². The number of nitrogens with zero attached hydrogens (tertiary/aromatic N) is 3. The van der Waals surface area contributed by atoms with Gasteiger partial charge < -0.3 is 19.1 Å². The molecule has 0 bridgehead atoms. The van der Waals surface area contributed by atoms with Crippen molar-refractivity contribution in [1.29, 1.82) is 0 Å². The van der Waals surface area contributed by atoms with Crippen molar-refractivity contribution in [2.75, 3.05) is 47.5 Å². The highest BCUT2D eigenvalue weighted by atomic mass is 35.5. The molecule has 36 heavy (non-hydrogen) atoms. The van der Waals surface area contributed by atoms with Crippen molar-refractivity contribution >= 4 is 40.7 Å². The first-order valence-corrected chi connectivity index (χ1v) is 12.4. The fraction of sp³-hybridized carbons (Fsp3) is 0.308. The second-order valence-electron chi connectivity index (χ2n) is 8.28. The second kappa shape index (κ2) is 11.6. The topological polar surface area (TPSA) is 64.1 Å². The lowest BCUT2D eigenvalue weighted by Crippen LogP contribution is -2.48. The van der Waals surface area contributed by atoms with E-state index in [0.717, 1.165) is 36.5 Å². The van der Waals surface area contributed by atoms with Crippen LogP contribution in [0.25, 0.3) is 11.3 Å². The van der Waals surface area contributed by atoms with Gasteiger partial charge in [0, 0.05) is 49.5 Å². The summed E-state index contributed by atoms with van der Waals surface area (Å²) in [6.45, 7) is 3.30. The maximum absolute atomic E-state index is 13.0. The molecule has 0 unspecified atom stereocenters. The van der Waals surface area contributed by atoms with Crippen LogP contribution in [0.2, 0.25) is 15.1 Å². The van der Waals surface area contributed by atoms with Crippen LogP contribution in [-0.4, -0.2) is 68.2 Å². The van der Waals surface area contributed by atoms with E-state index in [2.05, 4.69) is 9.88 Å². The number of methoxy groups -OCH3 is 3. The lowest BCUT2D eigenvalue weighted by atomic mass is 10.1. The van der Waals surface area contributed by atoms with E-state index in [9.17, 15) is 4.79 Å². The summed E-state index contributed by atoms with van der Waals surface area (Å²) in [5.74, 6) is 1.49. The summed E-state index contributed by atoms with van der Waals surface area (Å²) in [7, 11) is 4.75. The molecule has 190 valence electrons. The zero-order valence-electron chi connectivity index (χ0n) is 20.2. The Morgan fingerprint density at radius 1 is 0.889 bits per heavy atom. The van der Waals surface area contributed by atoms with Crippen molar-refractivity contribution in [2.45, 2.75) is 6.54 Å². The van der Waals surface area contributed by atoms with Gasteiger partial charge in [-0.15, -0.1) is 0 Å². The monoisotopic (exact) mass is 549 g/mol. The Labute approximate surface area is 225 Å². The standard InChI is InChI=1S/C26H26Cl3N3O4/c1-34-22-11-17(12-23(35-2)25(22)36-3)21-10-16(4-5-30-21)15-31-6-8-32(9-7-31)26(33)24-19(28)13-18(27)14-20(24)29/h4-5,10-14H,6-9,15H2,1-3H3. The number of rotatable bonds is 7. The number of benzene rings is 2. The molecular weight excluding hydrogens is 525 g/mol. The normalized spacial score (nSPS) is 14.0. The number of amides is 1. The number of halogens is 3. The van der Waals surface area contributed by atoms with Gasteiger partial charge in [0.05, 0.1) is 42.6 Å². The summed E-state index contributed by atoms with van der Waals surface area (Å²) >= 11 is 18.5. The van der Waals surface area contributed by atoms with Crippen molar-refractivity contribution in [3.05, 3.63) is 68.8 Å². The highest BCUT2D eigenvalue weighted by molar-refractivity contribution is 6.42. The number of hydrogen-bond donors (Lipinski definition) is 0. The molecule has 4 rings (SSSR count). The quantitative estimate of drug-likeness (QED) is 0.376. The SMILES string of the molecule is COc1cc(-c2cc(CN3CCN(C(=O)c4c(Cl)cc(Cl)cc4Cl)CC3)ccn2)cc(OC)c1OC. The third kappa shape index (κ3) is 5.65. The van der Waals surface area contributed by atoms with E-state index in [1.807, 2.05) is 24.3 Å². The van der Waals surface area contributed by atoms with Gasteiger partial charge >= 0.3 is 0 Å². The van der Waals surface area contributed by atoms with Crippen molar-refractivity contribution in [3.63, 3.8) is 0 Å². The smallest absolute Gasteiger partial charge is 0.256 e. The Morgan fingerprint density at radius 2 is 1.50 bits per heavy atom. The summed E-state index contributed by atoms with van der Waals surface area (Å²) < 4.78 is 16.4. The third-order valence-electron chi connectivity index (χ3n) is 6.07. The summed E-state index contributed by atoms with van der Waals surface area (Å²) in [4.78, 5) is 21.6. The summed E-state index contributed by atoms with van der Waals surface area (Å²) in [6, 6.07) is 10.9. The Bertz CT molecular complexity index is 1210. The Balaban J connectivity index is 1.44. The maximum Gasteiger partial charge on any atom is 0.256 e. The molecule has 3 aromatic rings. The average Bonchev–Trinajstić information content (AvgIpc) is 2.87. The summed E-state index contributed by atoms with van der Waals surface area (Å²) in [5, 5.41) is 0.918. The molecule has 1 aliphatic rings. The molecule has 1 amide bonds. The Morgan fingerprint density at radius 3 is 2.06 bits per heavy atom. The first-order valence-electron chi connectivity index (χ1n) is 11.3. The number of hydrogen-bond acceptors (Lipinski definition) is 6. The van der Waals surface area contributed by atoms with E-state index < -0.39 is 0 Å². The van der Waals surface area contributed by atoms with E-state index in [0.29, 0.717) is 40.9 Å². The summed E-state index contributed by atoms with van der Waals surface area (Å²) in [6.07, 6.45) is 1.79. The predicted octanol–water partition coefficient (Wildman–Crippen LogP) is 5.69. The van der Waals surface area contributed by atoms with Crippen molar-refractivity contribution < 1.29 is 19.0 Å².